The van der Waals surface area contributed by atoms with Gasteiger partial charge in [-0.1, -0.05) is 31.5 Å². The minimum atomic E-state index is -0.320. The summed E-state index contributed by atoms with van der Waals surface area (Å²) in [6.07, 6.45) is 2.81. The van der Waals surface area contributed by atoms with Gasteiger partial charge in [-0.05, 0) is 43.1 Å². The fourth-order valence-corrected chi connectivity index (χ4v) is 3.69. The summed E-state index contributed by atoms with van der Waals surface area (Å²) >= 11 is 0. The Balaban J connectivity index is 1.42. The first-order valence-electron chi connectivity index (χ1n) is 12.4. The van der Waals surface area contributed by atoms with Crippen molar-refractivity contribution in [3.05, 3.63) is 64.2 Å². The van der Waals surface area contributed by atoms with E-state index in [0.717, 1.165) is 43.7 Å². The zero-order valence-corrected chi connectivity index (χ0v) is 21.2. The number of imidazole rings is 1. The summed E-state index contributed by atoms with van der Waals surface area (Å²) in [5.41, 5.74) is 8.30. The normalized spacial score (nSPS) is 11.2. The number of benzene rings is 1. The van der Waals surface area contributed by atoms with Crippen molar-refractivity contribution in [2.24, 2.45) is 0 Å². The van der Waals surface area contributed by atoms with Crippen LogP contribution in [-0.4, -0.2) is 51.4 Å². The molecule has 0 amide bonds. The molecule has 0 saturated carbocycles. The molecule has 0 bridgehead atoms. The van der Waals surface area contributed by atoms with Crippen LogP contribution in [0.5, 0.6) is 17.6 Å². The second-order valence-electron chi connectivity index (χ2n) is 8.54. The van der Waals surface area contributed by atoms with Crippen LogP contribution in [-0.2, 0) is 17.8 Å². The number of rotatable bonds is 14. The van der Waals surface area contributed by atoms with Crippen molar-refractivity contribution in [1.29, 1.82) is 0 Å². The number of hydrogen-bond donors (Lipinski definition) is 3. The SMILES string of the molecule is CCCCOc1nc(N)c2[nH]c(=O)n(Cc3ccc(Oc4cccc(CNCCCOC)n4)cc3)c2n1. The molecule has 3 heterocycles. The highest BCUT2D eigenvalue weighted by molar-refractivity contribution is 5.81. The maximum atomic E-state index is 12.6. The lowest BCUT2D eigenvalue weighted by molar-refractivity contribution is 0.194. The van der Waals surface area contributed by atoms with Crippen molar-refractivity contribution in [1.82, 2.24) is 29.8 Å². The number of aromatic amines is 1. The van der Waals surface area contributed by atoms with Gasteiger partial charge in [-0.2, -0.15) is 9.97 Å². The number of H-pyrrole nitrogens is 1. The molecule has 0 saturated heterocycles. The van der Waals surface area contributed by atoms with Gasteiger partial charge in [0, 0.05) is 26.3 Å². The quantitative estimate of drug-likeness (QED) is 0.219. The summed E-state index contributed by atoms with van der Waals surface area (Å²) < 4.78 is 18.1. The molecule has 3 aromatic heterocycles. The molecular weight excluding hydrogens is 474 g/mol. The molecule has 4 N–H and O–H groups in total. The fraction of sp³-hybridized carbons (Fsp3) is 0.385. The van der Waals surface area contributed by atoms with Crippen molar-refractivity contribution < 1.29 is 14.2 Å². The van der Waals surface area contributed by atoms with Crippen LogP contribution in [0.15, 0.2) is 47.3 Å². The zero-order chi connectivity index (χ0) is 26.0. The molecule has 4 rings (SSSR count). The van der Waals surface area contributed by atoms with Crippen LogP contribution in [0.25, 0.3) is 11.2 Å². The van der Waals surface area contributed by atoms with Crippen LogP contribution in [0.1, 0.15) is 37.4 Å². The monoisotopic (exact) mass is 507 g/mol. The van der Waals surface area contributed by atoms with Crippen LogP contribution < -0.4 is 26.2 Å². The number of hydrogen-bond acceptors (Lipinski definition) is 9. The predicted molar refractivity (Wildman–Crippen MR) is 141 cm³/mol. The summed E-state index contributed by atoms with van der Waals surface area (Å²) in [5, 5.41) is 3.34. The van der Waals surface area contributed by atoms with Crippen molar-refractivity contribution in [3.63, 3.8) is 0 Å². The minimum absolute atomic E-state index is 0.162. The molecule has 0 fully saturated rings. The highest BCUT2D eigenvalue weighted by Gasteiger charge is 2.15. The van der Waals surface area contributed by atoms with Gasteiger partial charge in [0.05, 0.1) is 18.8 Å². The average molecular weight is 508 g/mol. The van der Waals surface area contributed by atoms with Gasteiger partial charge in [0.1, 0.15) is 11.3 Å². The van der Waals surface area contributed by atoms with E-state index in [2.05, 4.69) is 32.2 Å². The summed E-state index contributed by atoms with van der Waals surface area (Å²) in [6.45, 7) is 5.09. The Kier molecular flexibility index (Phi) is 9.06. The maximum absolute atomic E-state index is 12.6. The number of aromatic nitrogens is 5. The van der Waals surface area contributed by atoms with E-state index in [0.29, 0.717) is 42.5 Å². The molecule has 0 atom stereocenters. The first kappa shape index (κ1) is 26.1. The first-order chi connectivity index (χ1) is 18.1. The van der Waals surface area contributed by atoms with Gasteiger partial charge >= 0.3 is 11.7 Å². The lowest BCUT2D eigenvalue weighted by atomic mass is 10.2. The van der Waals surface area contributed by atoms with Gasteiger partial charge in [0.25, 0.3) is 0 Å². The largest absolute Gasteiger partial charge is 0.463 e. The number of nitrogens with one attached hydrogen (secondary N) is 2. The average Bonchev–Trinajstić information content (AvgIpc) is 3.21. The Hall–Kier alpha value is -3.96. The van der Waals surface area contributed by atoms with Crippen molar-refractivity contribution in [2.75, 3.05) is 32.6 Å². The number of anilines is 1. The molecular formula is C26H33N7O4. The van der Waals surface area contributed by atoms with E-state index < -0.39 is 0 Å². The van der Waals surface area contributed by atoms with Crippen molar-refractivity contribution in [2.45, 2.75) is 39.3 Å². The molecule has 196 valence electrons. The Morgan fingerprint density at radius 3 is 2.68 bits per heavy atom. The number of nitrogens with two attached hydrogens (primary N) is 1. The van der Waals surface area contributed by atoms with Crippen LogP contribution in [0.4, 0.5) is 5.82 Å². The zero-order valence-electron chi connectivity index (χ0n) is 21.2. The third kappa shape index (κ3) is 7.05. The van der Waals surface area contributed by atoms with E-state index in [9.17, 15) is 4.79 Å². The predicted octanol–water partition coefficient (Wildman–Crippen LogP) is 3.24. The topological polar surface area (TPSA) is 142 Å². The molecule has 0 unspecified atom stereocenters. The summed E-state index contributed by atoms with van der Waals surface area (Å²) in [4.78, 5) is 28.5. The third-order valence-electron chi connectivity index (χ3n) is 5.64. The van der Waals surface area contributed by atoms with Crippen LogP contribution >= 0.6 is 0 Å². The lowest BCUT2D eigenvalue weighted by Crippen LogP contribution is -2.17. The molecule has 0 spiro atoms. The summed E-state index contributed by atoms with van der Waals surface area (Å²) in [7, 11) is 1.70. The first-order valence-corrected chi connectivity index (χ1v) is 12.4. The van der Waals surface area contributed by atoms with Gasteiger partial charge in [-0.25, -0.2) is 9.78 Å². The van der Waals surface area contributed by atoms with E-state index in [1.165, 1.54) is 4.57 Å². The molecule has 4 aromatic rings. The number of fused-ring (bicyclic) bond motifs is 1. The molecule has 0 radical (unpaired) electrons. The van der Waals surface area contributed by atoms with E-state index >= 15 is 0 Å². The second kappa shape index (κ2) is 12.8. The Morgan fingerprint density at radius 1 is 1.05 bits per heavy atom. The highest BCUT2D eigenvalue weighted by atomic mass is 16.5. The van der Waals surface area contributed by atoms with Gasteiger partial charge in [-0.3, -0.25) is 4.57 Å². The lowest BCUT2D eigenvalue weighted by Gasteiger charge is -2.09. The number of methoxy groups -OCH3 is 1. The molecule has 0 aliphatic heterocycles. The molecule has 11 heteroatoms. The standard InChI is InChI=1S/C26H33N7O4/c1-3-4-15-36-25-31-23(27)22-24(32-25)33(26(34)30-22)17-18-9-11-20(12-10-18)37-21-8-5-7-19(29-21)16-28-13-6-14-35-2/h5,7-12,28H,3-4,6,13-17H2,1-2H3,(H,30,34)(H2,27,31,32). The van der Waals surface area contributed by atoms with Gasteiger partial charge < -0.3 is 30.2 Å². The Morgan fingerprint density at radius 2 is 1.89 bits per heavy atom. The highest BCUT2D eigenvalue weighted by Crippen LogP contribution is 2.22. The van der Waals surface area contributed by atoms with Gasteiger partial charge in [-0.15, -0.1) is 0 Å². The summed E-state index contributed by atoms with van der Waals surface area (Å²) in [5.74, 6) is 1.33. The second-order valence-corrected chi connectivity index (χ2v) is 8.54. The summed E-state index contributed by atoms with van der Waals surface area (Å²) in [6, 6.07) is 13.3. The Labute approximate surface area is 215 Å². The minimum Gasteiger partial charge on any atom is -0.463 e. The number of nitrogens with zero attached hydrogens (tertiary/aromatic N) is 4. The molecule has 11 nitrogen and oxygen atoms in total. The van der Waals surface area contributed by atoms with Gasteiger partial charge in [0.15, 0.2) is 11.5 Å². The fourth-order valence-electron chi connectivity index (χ4n) is 3.69. The van der Waals surface area contributed by atoms with Crippen molar-refractivity contribution >= 4 is 17.0 Å². The van der Waals surface area contributed by atoms with Gasteiger partial charge in [0.2, 0.25) is 5.88 Å². The molecule has 37 heavy (non-hydrogen) atoms. The number of pyridine rings is 1. The Bertz CT molecular complexity index is 1350. The number of unbranched alkanes of at least 4 members (excludes halogenated alkanes) is 1. The number of nitrogen functional groups attached to an aromatic ring is 1. The van der Waals surface area contributed by atoms with E-state index in [4.69, 9.17) is 19.9 Å². The maximum Gasteiger partial charge on any atom is 0.328 e. The molecule has 0 aliphatic carbocycles. The van der Waals surface area contributed by atoms with Crippen LogP contribution in [0.2, 0.25) is 0 Å². The molecule has 1 aromatic carbocycles. The van der Waals surface area contributed by atoms with E-state index in [1.54, 1.807) is 7.11 Å². The van der Waals surface area contributed by atoms with Crippen molar-refractivity contribution in [3.8, 4) is 17.6 Å². The van der Waals surface area contributed by atoms with E-state index in [-0.39, 0.29) is 17.5 Å². The van der Waals surface area contributed by atoms with Crippen LogP contribution in [0.3, 0.4) is 0 Å². The van der Waals surface area contributed by atoms with Crippen LogP contribution in [0, 0.1) is 0 Å². The smallest absolute Gasteiger partial charge is 0.328 e. The third-order valence-corrected chi connectivity index (χ3v) is 5.64. The molecule has 0 aliphatic rings. The van der Waals surface area contributed by atoms with E-state index in [1.807, 2.05) is 42.5 Å². The number of ether oxygens (including phenoxy) is 3.